The molecule has 0 fully saturated rings. The van der Waals surface area contributed by atoms with Gasteiger partial charge in [-0.15, -0.1) is 10.2 Å². The van der Waals surface area contributed by atoms with Gasteiger partial charge in [0.05, 0.1) is 25.0 Å². The number of hydrogen-bond acceptors (Lipinski definition) is 6. The Morgan fingerprint density at radius 1 is 1.13 bits per heavy atom. The lowest BCUT2D eigenvalue weighted by Gasteiger charge is -2.09. The third kappa shape index (κ3) is 5.82. The molecular weight excluding hydrogens is 421 g/mol. The standard InChI is InChI=1S/C21H22FN5O3S/c1-3-27-18(12-23-20(29)16-6-4-5-7-17(16)22)25-26-21(27)31-13-19(28)24-14-8-10-15(30-2)11-9-14/h4-11H,3,12-13H2,1-2H3,(H,23,29)(H,24,28). The second-order valence-corrected chi connectivity index (χ2v) is 7.31. The Morgan fingerprint density at radius 3 is 2.55 bits per heavy atom. The van der Waals surface area contributed by atoms with E-state index in [0.717, 1.165) is 0 Å². The first-order valence-electron chi connectivity index (χ1n) is 9.53. The fourth-order valence-corrected chi connectivity index (χ4v) is 3.60. The number of hydrogen-bond donors (Lipinski definition) is 2. The minimum atomic E-state index is -0.587. The maximum atomic E-state index is 13.7. The molecule has 1 aromatic heterocycles. The van der Waals surface area contributed by atoms with Crippen molar-refractivity contribution in [1.82, 2.24) is 20.1 Å². The maximum absolute atomic E-state index is 13.7. The van der Waals surface area contributed by atoms with Crippen LogP contribution in [-0.4, -0.2) is 39.4 Å². The number of carbonyl (C=O) groups excluding carboxylic acids is 2. The van der Waals surface area contributed by atoms with Crippen molar-refractivity contribution in [3.05, 3.63) is 65.7 Å². The third-order valence-corrected chi connectivity index (χ3v) is 5.31. The van der Waals surface area contributed by atoms with Crippen molar-refractivity contribution in [3.8, 4) is 5.75 Å². The number of halogens is 1. The zero-order valence-electron chi connectivity index (χ0n) is 17.1. The molecule has 0 radical (unpaired) electrons. The summed E-state index contributed by atoms with van der Waals surface area (Å²) in [6, 6.07) is 12.8. The number of carbonyl (C=O) groups is 2. The number of thioether (sulfide) groups is 1. The van der Waals surface area contributed by atoms with Crippen LogP contribution in [-0.2, 0) is 17.9 Å². The summed E-state index contributed by atoms with van der Waals surface area (Å²) in [5.41, 5.74) is 0.634. The Labute approximate surface area is 183 Å². The number of amides is 2. The number of ether oxygens (including phenoxy) is 1. The molecule has 0 aliphatic carbocycles. The largest absolute Gasteiger partial charge is 0.497 e. The molecule has 2 N–H and O–H groups in total. The van der Waals surface area contributed by atoms with E-state index in [4.69, 9.17) is 4.74 Å². The molecule has 2 amide bonds. The van der Waals surface area contributed by atoms with Crippen molar-refractivity contribution in [2.75, 3.05) is 18.2 Å². The quantitative estimate of drug-likeness (QED) is 0.493. The van der Waals surface area contributed by atoms with Gasteiger partial charge in [0.1, 0.15) is 11.6 Å². The van der Waals surface area contributed by atoms with Gasteiger partial charge in [-0.1, -0.05) is 23.9 Å². The van der Waals surface area contributed by atoms with Crippen molar-refractivity contribution in [1.29, 1.82) is 0 Å². The predicted molar refractivity (Wildman–Crippen MR) is 116 cm³/mol. The molecule has 0 unspecified atom stereocenters. The van der Waals surface area contributed by atoms with E-state index in [0.29, 0.717) is 29.0 Å². The average molecular weight is 444 g/mol. The molecule has 3 aromatic rings. The first-order valence-corrected chi connectivity index (χ1v) is 10.5. The molecule has 8 nitrogen and oxygen atoms in total. The number of rotatable bonds is 9. The van der Waals surface area contributed by atoms with Crippen molar-refractivity contribution >= 4 is 29.3 Å². The molecule has 0 atom stereocenters. The smallest absolute Gasteiger partial charge is 0.254 e. The van der Waals surface area contributed by atoms with Gasteiger partial charge in [0.25, 0.3) is 5.91 Å². The summed E-state index contributed by atoms with van der Waals surface area (Å²) in [6.07, 6.45) is 0. The Balaban J connectivity index is 1.56. The van der Waals surface area contributed by atoms with E-state index >= 15 is 0 Å². The van der Waals surface area contributed by atoms with Crippen LogP contribution in [0.3, 0.4) is 0 Å². The molecule has 0 aliphatic heterocycles. The summed E-state index contributed by atoms with van der Waals surface area (Å²) < 4.78 is 20.6. The second-order valence-electron chi connectivity index (χ2n) is 6.37. The Bertz CT molecular complexity index is 1060. The lowest BCUT2D eigenvalue weighted by Crippen LogP contribution is -2.25. The van der Waals surface area contributed by atoms with Crippen molar-refractivity contribution in [2.24, 2.45) is 0 Å². The number of anilines is 1. The second kappa shape index (κ2) is 10.6. The molecule has 2 aromatic carbocycles. The topological polar surface area (TPSA) is 98.1 Å². The van der Waals surface area contributed by atoms with E-state index in [9.17, 15) is 14.0 Å². The van der Waals surface area contributed by atoms with Gasteiger partial charge in [-0.05, 0) is 43.3 Å². The van der Waals surface area contributed by atoms with Gasteiger partial charge in [0.2, 0.25) is 5.91 Å². The Kier molecular flexibility index (Phi) is 7.60. The van der Waals surface area contributed by atoms with Crippen LogP contribution in [0.2, 0.25) is 0 Å². The molecule has 0 bridgehead atoms. The highest BCUT2D eigenvalue weighted by molar-refractivity contribution is 7.99. The fourth-order valence-electron chi connectivity index (χ4n) is 2.78. The van der Waals surface area contributed by atoms with Gasteiger partial charge < -0.3 is 19.9 Å². The highest BCUT2D eigenvalue weighted by atomic mass is 32.2. The van der Waals surface area contributed by atoms with Crippen LogP contribution in [0.25, 0.3) is 0 Å². The summed E-state index contributed by atoms with van der Waals surface area (Å²) >= 11 is 1.24. The first kappa shape index (κ1) is 22.3. The van der Waals surface area contributed by atoms with Gasteiger partial charge in [-0.2, -0.15) is 0 Å². The minimum absolute atomic E-state index is 0.0325. The molecule has 1 heterocycles. The Morgan fingerprint density at radius 2 is 1.87 bits per heavy atom. The van der Waals surface area contributed by atoms with Gasteiger partial charge >= 0.3 is 0 Å². The first-order chi connectivity index (χ1) is 15.0. The molecule has 0 saturated heterocycles. The van der Waals surface area contributed by atoms with E-state index in [-0.39, 0.29) is 23.8 Å². The van der Waals surface area contributed by atoms with Crippen molar-refractivity contribution in [2.45, 2.75) is 25.2 Å². The number of nitrogens with one attached hydrogen (secondary N) is 2. The number of methoxy groups -OCH3 is 1. The number of aromatic nitrogens is 3. The van der Waals surface area contributed by atoms with Crippen LogP contribution >= 0.6 is 11.8 Å². The average Bonchev–Trinajstić information content (AvgIpc) is 3.18. The molecule has 0 spiro atoms. The van der Waals surface area contributed by atoms with Gasteiger partial charge in [0, 0.05) is 12.2 Å². The van der Waals surface area contributed by atoms with Crippen molar-refractivity contribution < 1.29 is 18.7 Å². The number of nitrogens with zero attached hydrogens (tertiary/aromatic N) is 3. The van der Waals surface area contributed by atoms with Crippen LogP contribution < -0.4 is 15.4 Å². The zero-order chi connectivity index (χ0) is 22.2. The summed E-state index contributed by atoms with van der Waals surface area (Å²) in [5, 5.41) is 14.2. The van der Waals surface area contributed by atoms with Crippen LogP contribution in [0.5, 0.6) is 5.75 Å². The summed E-state index contributed by atoms with van der Waals surface area (Å²) in [6.45, 7) is 2.56. The molecular formula is C21H22FN5O3S. The molecule has 0 saturated carbocycles. The third-order valence-electron chi connectivity index (χ3n) is 4.34. The zero-order valence-corrected chi connectivity index (χ0v) is 17.9. The minimum Gasteiger partial charge on any atom is -0.497 e. The van der Waals surface area contributed by atoms with Gasteiger partial charge in [-0.25, -0.2) is 4.39 Å². The van der Waals surface area contributed by atoms with E-state index < -0.39 is 11.7 Å². The monoisotopic (exact) mass is 443 g/mol. The van der Waals surface area contributed by atoms with E-state index in [1.807, 2.05) is 6.92 Å². The Hall–Kier alpha value is -3.40. The van der Waals surface area contributed by atoms with Gasteiger partial charge in [-0.3, -0.25) is 9.59 Å². The highest BCUT2D eigenvalue weighted by Gasteiger charge is 2.16. The van der Waals surface area contributed by atoms with Gasteiger partial charge in [0.15, 0.2) is 11.0 Å². The van der Waals surface area contributed by atoms with Crippen LogP contribution in [0.1, 0.15) is 23.1 Å². The van der Waals surface area contributed by atoms with Crippen LogP contribution in [0, 0.1) is 5.82 Å². The molecule has 3 rings (SSSR count). The predicted octanol–water partition coefficient (Wildman–Crippen LogP) is 3.11. The van der Waals surface area contributed by atoms with E-state index in [1.54, 1.807) is 42.0 Å². The SMILES string of the molecule is CCn1c(CNC(=O)c2ccccc2F)nnc1SCC(=O)Nc1ccc(OC)cc1. The molecule has 10 heteroatoms. The fraction of sp³-hybridized carbons (Fsp3) is 0.238. The summed E-state index contributed by atoms with van der Waals surface area (Å²) in [7, 11) is 1.58. The normalized spacial score (nSPS) is 10.5. The van der Waals surface area contributed by atoms with Crippen LogP contribution in [0.15, 0.2) is 53.7 Å². The lowest BCUT2D eigenvalue weighted by molar-refractivity contribution is -0.113. The molecule has 0 aliphatic rings. The highest BCUT2D eigenvalue weighted by Crippen LogP contribution is 2.19. The summed E-state index contributed by atoms with van der Waals surface area (Å²) in [5.74, 6) is 0.0672. The maximum Gasteiger partial charge on any atom is 0.254 e. The lowest BCUT2D eigenvalue weighted by atomic mass is 10.2. The van der Waals surface area contributed by atoms with Crippen molar-refractivity contribution in [3.63, 3.8) is 0 Å². The van der Waals surface area contributed by atoms with E-state index in [1.165, 1.54) is 30.0 Å². The molecule has 31 heavy (non-hydrogen) atoms. The van der Waals surface area contributed by atoms with E-state index in [2.05, 4.69) is 20.8 Å². The number of benzene rings is 2. The summed E-state index contributed by atoms with van der Waals surface area (Å²) in [4.78, 5) is 24.4. The molecule has 162 valence electrons. The van der Waals surface area contributed by atoms with Crippen LogP contribution in [0.4, 0.5) is 10.1 Å².